The molecule has 4 rings (SSSR count). The number of nitrogens with two attached hydrogens (primary N) is 1. The largest absolute Gasteiger partial charge is 0.394 e. The number of aliphatic hydroxyl groups is 2. The SMILES string of the molecule is CN1CN([C@H]2C[C@H](O)[C@@H](CO)O2)c2nc(N)[nH]c(=O)c21.c1c[nH]cn1. The Balaban J connectivity index is 0.000000314. The number of fused-ring (bicyclic) bond motifs is 1. The molecule has 0 radical (unpaired) electrons. The molecule has 136 valence electrons. The molecular weight excluding hydrogens is 330 g/mol. The van der Waals surface area contributed by atoms with Crippen molar-refractivity contribution in [2.24, 2.45) is 0 Å². The van der Waals surface area contributed by atoms with Gasteiger partial charge in [-0.15, -0.1) is 0 Å². The standard InChI is InChI=1S/C11H17N5O4.C3H4N2/c1-15-4-16(7-2-5(18)6(3-17)20-7)9-8(15)10(19)14-11(12)13-9;1-2-5-3-4-1/h5-7,17-18H,2-4H2,1H3,(H3,12,13,14,19);1-3H,(H,4,5)/t5-,6+,7+;/m0./s1. The number of aromatic amines is 2. The molecule has 1 fully saturated rings. The number of hydrogen-bond acceptors (Lipinski definition) is 9. The van der Waals surface area contributed by atoms with E-state index in [1.807, 2.05) is 0 Å². The molecule has 0 aliphatic carbocycles. The molecule has 6 N–H and O–H groups in total. The molecule has 2 aromatic heterocycles. The summed E-state index contributed by atoms with van der Waals surface area (Å²) in [7, 11) is 1.76. The maximum Gasteiger partial charge on any atom is 0.278 e. The van der Waals surface area contributed by atoms with Crippen LogP contribution in [0.5, 0.6) is 0 Å². The van der Waals surface area contributed by atoms with E-state index in [1.165, 1.54) is 0 Å². The average Bonchev–Trinajstić information content (AvgIpc) is 3.28. The van der Waals surface area contributed by atoms with Gasteiger partial charge in [0.2, 0.25) is 5.95 Å². The summed E-state index contributed by atoms with van der Waals surface area (Å²) in [6, 6.07) is 0. The summed E-state index contributed by atoms with van der Waals surface area (Å²) in [5, 5.41) is 18.9. The molecule has 11 nitrogen and oxygen atoms in total. The zero-order valence-electron chi connectivity index (χ0n) is 13.7. The van der Waals surface area contributed by atoms with Gasteiger partial charge >= 0.3 is 0 Å². The van der Waals surface area contributed by atoms with E-state index in [0.29, 0.717) is 24.6 Å². The number of nitrogens with one attached hydrogen (secondary N) is 2. The molecule has 0 saturated carbocycles. The smallest absolute Gasteiger partial charge is 0.278 e. The van der Waals surface area contributed by atoms with Gasteiger partial charge < -0.3 is 35.5 Å². The highest BCUT2D eigenvalue weighted by Crippen LogP contribution is 2.35. The number of H-pyrrole nitrogens is 2. The van der Waals surface area contributed by atoms with Crippen LogP contribution in [0.3, 0.4) is 0 Å². The van der Waals surface area contributed by atoms with Crippen molar-refractivity contribution in [3.05, 3.63) is 29.1 Å². The van der Waals surface area contributed by atoms with E-state index in [9.17, 15) is 9.90 Å². The lowest BCUT2D eigenvalue weighted by atomic mass is 10.2. The topological polar surface area (TPSA) is 157 Å². The van der Waals surface area contributed by atoms with Gasteiger partial charge in [-0.05, 0) is 0 Å². The van der Waals surface area contributed by atoms with Gasteiger partial charge in [0.05, 0.1) is 25.7 Å². The second kappa shape index (κ2) is 7.09. The fourth-order valence-electron chi connectivity index (χ4n) is 2.90. The molecular formula is C14H21N7O4. The van der Waals surface area contributed by atoms with Crippen LogP contribution in [0.25, 0.3) is 0 Å². The first kappa shape index (κ1) is 17.2. The molecule has 0 unspecified atom stereocenters. The van der Waals surface area contributed by atoms with Gasteiger partial charge in [-0.2, -0.15) is 4.98 Å². The number of rotatable bonds is 2. The van der Waals surface area contributed by atoms with Crippen LogP contribution < -0.4 is 21.1 Å². The highest BCUT2D eigenvalue weighted by molar-refractivity contribution is 5.72. The first-order valence-electron chi connectivity index (χ1n) is 7.76. The highest BCUT2D eigenvalue weighted by Gasteiger charge is 2.41. The molecule has 1 saturated heterocycles. The van der Waals surface area contributed by atoms with Crippen molar-refractivity contribution in [1.82, 2.24) is 19.9 Å². The normalized spacial score (nSPS) is 24.8. The Kier molecular flexibility index (Phi) is 4.88. The van der Waals surface area contributed by atoms with Crippen LogP contribution in [-0.4, -0.2) is 68.9 Å². The van der Waals surface area contributed by atoms with Crippen molar-refractivity contribution in [2.75, 3.05) is 35.9 Å². The number of anilines is 3. The van der Waals surface area contributed by atoms with Crippen molar-refractivity contribution in [3.63, 3.8) is 0 Å². The summed E-state index contributed by atoms with van der Waals surface area (Å²) < 4.78 is 5.60. The lowest BCUT2D eigenvalue weighted by molar-refractivity contribution is -0.0220. The summed E-state index contributed by atoms with van der Waals surface area (Å²) in [5.74, 6) is 0.468. The van der Waals surface area contributed by atoms with E-state index in [0.717, 1.165) is 0 Å². The lowest BCUT2D eigenvalue weighted by Gasteiger charge is -2.25. The molecule has 2 aliphatic rings. The average molecular weight is 351 g/mol. The molecule has 3 atom stereocenters. The second-order valence-electron chi connectivity index (χ2n) is 5.81. The van der Waals surface area contributed by atoms with Crippen molar-refractivity contribution in [3.8, 4) is 0 Å². The number of hydrogen-bond donors (Lipinski definition) is 5. The number of aliphatic hydroxyl groups excluding tert-OH is 2. The van der Waals surface area contributed by atoms with Gasteiger partial charge in [0.25, 0.3) is 5.56 Å². The number of nitrogen functional groups attached to an aromatic ring is 1. The van der Waals surface area contributed by atoms with E-state index in [1.54, 1.807) is 35.6 Å². The van der Waals surface area contributed by atoms with E-state index in [4.69, 9.17) is 15.6 Å². The highest BCUT2D eigenvalue weighted by atomic mass is 16.5. The Labute approximate surface area is 143 Å². The summed E-state index contributed by atoms with van der Waals surface area (Å²) in [6.07, 6.45) is 3.62. The van der Waals surface area contributed by atoms with Crippen LogP contribution in [0.1, 0.15) is 6.42 Å². The predicted molar refractivity (Wildman–Crippen MR) is 90.0 cm³/mol. The van der Waals surface area contributed by atoms with Gasteiger partial charge in [-0.3, -0.25) is 9.78 Å². The van der Waals surface area contributed by atoms with Crippen molar-refractivity contribution in [1.29, 1.82) is 0 Å². The third kappa shape index (κ3) is 3.43. The van der Waals surface area contributed by atoms with Crippen molar-refractivity contribution >= 4 is 17.5 Å². The van der Waals surface area contributed by atoms with Crippen LogP contribution in [0, 0.1) is 0 Å². The van der Waals surface area contributed by atoms with Crippen LogP contribution >= 0.6 is 0 Å². The lowest BCUT2D eigenvalue weighted by Crippen LogP contribution is -2.38. The Bertz CT molecular complexity index is 733. The van der Waals surface area contributed by atoms with E-state index < -0.39 is 18.4 Å². The van der Waals surface area contributed by atoms with Gasteiger partial charge in [0.15, 0.2) is 5.82 Å². The molecule has 2 aromatic rings. The maximum absolute atomic E-state index is 11.9. The van der Waals surface area contributed by atoms with Crippen molar-refractivity contribution in [2.45, 2.75) is 24.9 Å². The molecule has 0 bridgehead atoms. The molecule has 0 spiro atoms. The molecule has 11 heteroatoms. The second-order valence-corrected chi connectivity index (χ2v) is 5.81. The van der Waals surface area contributed by atoms with Gasteiger partial charge in [0.1, 0.15) is 18.0 Å². The summed E-state index contributed by atoms with van der Waals surface area (Å²) in [6.45, 7) is 0.156. The fraction of sp³-hybridized carbons (Fsp3) is 0.500. The number of ether oxygens (including phenoxy) is 1. The Morgan fingerprint density at radius 2 is 2.32 bits per heavy atom. The predicted octanol–water partition coefficient (Wildman–Crippen LogP) is -1.56. The van der Waals surface area contributed by atoms with E-state index in [-0.39, 0.29) is 18.1 Å². The quantitative estimate of drug-likeness (QED) is 0.432. The number of aromatic nitrogens is 4. The van der Waals surface area contributed by atoms with Crippen LogP contribution in [0.2, 0.25) is 0 Å². The molecule has 2 aliphatic heterocycles. The Hall–Kier alpha value is -2.63. The summed E-state index contributed by atoms with van der Waals surface area (Å²) >= 11 is 0. The number of imidazole rings is 1. The van der Waals surface area contributed by atoms with Crippen LogP contribution in [-0.2, 0) is 4.74 Å². The minimum absolute atomic E-state index is 0.0336. The summed E-state index contributed by atoms with van der Waals surface area (Å²) in [4.78, 5) is 28.4. The van der Waals surface area contributed by atoms with E-state index >= 15 is 0 Å². The maximum atomic E-state index is 11.9. The minimum Gasteiger partial charge on any atom is -0.394 e. The van der Waals surface area contributed by atoms with Gasteiger partial charge in [0, 0.05) is 25.9 Å². The Morgan fingerprint density at radius 3 is 2.88 bits per heavy atom. The van der Waals surface area contributed by atoms with Gasteiger partial charge in [-0.1, -0.05) is 0 Å². The van der Waals surface area contributed by atoms with Crippen molar-refractivity contribution < 1.29 is 14.9 Å². The molecule has 4 heterocycles. The first-order valence-corrected chi connectivity index (χ1v) is 7.76. The minimum atomic E-state index is -0.737. The summed E-state index contributed by atoms with van der Waals surface area (Å²) in [5.41, 5.74) is 5.69. The number of nitrogens with zero attached hydrogens (tertiary/aromatic N) is 4. The Morgan fingerprint density at radius 1 is 1.52 bits per heavy atom. The first-order chi connectivity index (χ1) is 12.0. The third-order valence-corrected chi connectivity index (χ3v) is 4.05. The zero-order valence-corrected chi connectivity index (χ0v) is 13.7. The van der Waals surface area contributed by atoms with E-state index in [2.05, 4.69) is 19.9 Å². The van der Waals surface area contributed by atoms with Gasteiger partial charge in [-0.25, -0.2) is 4.98 Å². The molecule has 0 aromatic carbocycles. The third-order valence-electron chi connectivity index (χ3n) is 4.05. The monoisotopic (exact) mass is 351 g/mol. The van der Waals surface area contributed by atoms with Crippen LogP contribution in [0.4, 0.5) is 17.5 Å². The zero-order chi connectivity index (χ0) is 18.0. The fourth-order valence-corrected chi connectivity index (χ4v) is 2.90. The molecule has 25 heavy (non-hydrogen) atoms. The van der Waals surface area contributed by atoms with Crippen LogP contribution in [0.15, 0.2) is 23.5 Å². The molecule has 0 amide bonds.